The van der Waals surface area contributed by atoms with Crippen molar-refractivity contribution in [1.29, 1.82) is 5.26 Å². The molecule has 1 atom stereocenters. The Kier molecular flexibility index (Phi) is 12.6. The average Bonchev–Trinajstić information content (AvgIpc) is 3.40. The van der Waals surface area contributed by atoms with Gasteiger partial charge in [-0.2, -0.15) is 18.4 Å². The summed E-state index contributed by atoms with van der Waals surface area (Å²) in [7, 11) is 0. The number of hydrogen-bond donors (Lipinski definition) is 2. The fraction of sp³-hybridized carbons (Fsp3) is 0.438. The van der Waals surface area contributed by atoms with Crippen LogP contribution in [0.2, 0.25) is 0 Å². The van der Waals surface area contributed by atoms with Gasteiger partial charge in [-0.05, 0) is 53.9 Å². The van der Waals surface area contributed by atoms with Crippen molar-refractivity contribution in [3.8, 4) is 6.07 Å². The second-order valence-electron chi connectivity index (χ2n) is 10.9. The van der Waals surface area contributed by atoms with Crippen molar-refractivity contribution in [1.82, 2.24) is 25.1 Å². The third-order valence-electron chi connectivity index (χ3n) is 7.17. The summed E-state index contributed by atoms with van der Waals surface area (Å²) in [6, 6.07) is 14.4. The number of rotatable bonds is 14. The molecule has 0 aliphatic carbocycles. The molecule has 0 radical (unpaired) electrons. The molecule has 0 spiro atoms. The van der Waals surface area contributed by atoms with E-state index in [4.69, 9.17) is 17.5 Å². The number of unbranched alkanes of at least 4 members (excludes halogenated alkanes) is 2. The minimum absolute atomic E-state index is 0.0178. The summed E-state index contributed by atoms with van der Waals surface area (Å²) in [4.78, 5) is 19.2. The van der Waals surface area contributed by atoms with Gasteiger partial charge in [0.15, 0.2) is 5.11 Å². The maximum atomic E-state index is 13.8. The third-order valence-corrected chi connectivity index (χ3v) is 7.57. The summed E-state index contributed by atoms with van der Waals surface area (Å²) in [6.07, 6.45) is 1.82. The molecular formula is C32H39F3N6OS. The van der Waals surface area contributed by atoms with Gasteiger partial charge in [0.2, 0.25) is 5.91 Å². The van der Waals surface area contributed by atoms with Crippen LogP contribution in [0.25, 0.3) is 0 Å². The van der Waals surface area contributed by atoms with Crippen LogP contribution in [-0.4, -0.2) is 44.6 Å². The topological polar surface area (TPSA) is 86.0 Å². The molecule has 0 aliphatic heterocycles. The van der Waals surface area contributed by atoms with Gasteiger partial charge in [-0.1, -0.05) is 63.9 Å². The van der Waals surface area contributed by atoms with Gasteiger partial charge in [-0.25, -0.2) is 4.98 Å². The number of carbonyl (C=O) groups excluding carboxylic acids is 1. The zero-order valence-corrected chi connectivity index (χ0v) is 25.6. The van der Waals surface area contributed by atoms with Crippen molar-refractivity contribution in [2.45, 2.75) is 71.8 Å². The third kappa shape index (κ3) is 10.4. The molecule has 230 valence electrons. The first kappa shape index (κ1) is 33.6. The second kappa shape index (κ2) is 16.1. The average molecular weight is 613 g/mol. The highest BCUT2D eigenvalue weighted by Gasteiger charge is 2.34. The number of alkyl halides is 3. The van der Waals surface area contributed by atoms with E-state index < -0.39 is 11.7 Å². The van der Waals surface area contributed by atoms with E-state index in [2.05, 4.69) is 28.6 Å². The molecule has 1 heterocycles. The minimum Gasteiger partial charge on any atom is -0.363 e. The number of carbonyl (C=O) groups is 1. The van der Waals surface area contributed by atoms with E-state index in [9.17, 15) is 18.0 Å². The standard InChI is InChI=1S/C32H39F3N6OS/c1-4-5-8-15-38-31(43)40(20-26-9-6-7-10-28(26)32(33,34)35)21-29(23(2)3)39-30(42)16-27-18-37-22-41(27)19-25-13-11-24(17-36)12-14-25/h6-7,9-14,18,22-23,29H,4-5,8,15-16,19-21H2,1-3H3,(H,38,43)(H,39,42)/t29-/m1/s1. The fourth-order valence-electron chi connectivity index (χ4n) is 4.64. The molecule has 0 fully saturated rings. The van der Waals surface area contributed by atoms with Crippen LogP contribution in [0.1, 0.15) is 68.0 Å². The molecule has 0 saturated carbocycles. The Hall–Kier alpha value is -3.91. The Morgan fingerprint density at radius 1 is 1.14 bits per heavy atom. The van der Waals surface area contributed by atoms with E-state index in [1.807, 2.05) is 30.5 Å². The van der Waals surface area contributed by atoms with Crippen molar-refractivity contribution in [3.63, 3.8) is 0 Å². The lowest BCUT2D eigenvalue weighted by Crippen LogP contribution is -2.51. The van der Waals surface area contributed by atoms with Gasteiger partial charge in [-0.3, -0.25) is 4.79 Å². The number of hydrogen-bond acceptors (Lipinski definition) is 4. The van der Waals surface area contributed by atoms with E-state index >= 15 is 0 Å². The molecule has 1 amide bonds. The quantitative estimate of drug-likeness (QED) is 0.170. The molecule has 7 nitrogen and oxygen atoms in total. The van der Waals surface area contributed by atoms with Crippen LogP contribution in [0.3, 0.4) is 0 Å². The molecule has 3 rings (SSSR count). The maximum Gasteiger partial charge on any atom is 0.416 e. The Bertz CT molecular complexity index is 1380. The van der Waals surface area contributed by atoms with Crippen LogP contribution < -0.4 is 10.6 Å². The number of amides is 1. The highest BCUT2D eigenvalue weighted by Crippen LogP contribution is 2.32. The Morgan fingerprint density at radius 3 is 2.51 bits per heavy atom. The zero-order chi connectivity index (χ0) is 31.4. The molecule has 1 aromatic heterocycles. The number of nitriles is 1. The summed E-state index contributed by atoms with van der Waals surface area (Å²) in [5.74, 6) is -0.242. The van der Waals surface area contributed by atoms with Crippen LogP contribution in [0, 0.1) is 17.2 Å². The molecule has 0 saturated heterocycles. The summed E-state index contributed by atoms with van der Waals surface area (Å²) in [5, 5.41) is 15.7. The largest absolute Gasteiger partial charge is 0.416 e. The molecule has 0 aliphatic rings. The van der Waals surface area contributed by atoms with Gasteiger partial charge >= 0.3 is 6.18 Å². The van der Waals surface area contributed by atoms with Crippen LogP contribution in [-0.2, 0) is 30.5 Å². The first-order valence-electron chi connectivity index (χ1n) is 14.5. The van der Waals surface area contributed by atoms with Gasteiger partial charge in [0.25, 0.3) is 0 Å². The lowest BCUT2D eigenvalue weighted by atomic mass is 10.0. The maximum absolute atomic E-state index is 13.8. The smallest absolute Gasteiger partial charge is 0.363 e. The predicted molar refractivity (Wildman–Crippen MR) is 165 cm³/mol. The number of halogens is 3. The van der Waals surface area contributed by atoms with Gasteiger partial charge in [-0.15, -0.1) is 0 Å². The van der Waals surface area contributed by atoms with Gasteiger partial charge < -0.3 is 20.1 Å². The molecular weight excluding hydrogens is 573 g/mol. The van der Waals surface area contributed by atoms with Crippen LogP contribution in [0.5, 0.6) is 0 Å². The number of imidazole rings is 1. The van der Waals surface area contributed by atoms with E-state index in [-0.39, 0.29) is 42.9 Å². The minimum atomic E-state index is -4.50. The molecule has 0 bridgehead atoms. The summed E-state index contributed by atoms with van der Waals surface area (Å²) in [5.41, 5.74) is 1.67. The van der Waals surface area contributed by atoms with Crippen molar-refractivity contribution in [2.75, 3.05) is 13.1 Å². The highest BCUT2D eigenvalue weighted by molar-refractivity contribution is 7.80. The van der Waals surface area contributed by atoms with E-state index in [1.165, 1.54) is 12.1 Å². The van der Waals surface area contributed by atoms with Crippen molar-refractivity contribution >= 4 is 23.2 Å². The molecule has 2 N–H and O–H groups in total. The van der Waals surface area contributed by atoms with Crippen molar-refractivity contribution < 1.29 is 18.0 Å². The van der Waals surface area contributed by atoms with Crippen LogP contribution >= 0.6 is 12.2 Å². The summed E-state index contributed by atoms with van der Waals surface area (Å²) in [6.45, 7) is 7.30. The number of nitrogens with zero attached hydrogens (tertiary/aromatic N) is 4. The number of aromatic nitrogens is 2. The van der Waals surface area contributed by atoms with Crippen LogP contribution in [0.4, 0.5) is 13.2 Å². The Balaban J connectivity index is 1.74. The van der Waals surface area contributed by atoms with Crippen molar-refractivity contribution in [3.05, 3.63) is 89.0 Å². The molecule has 11 heteroatoms. The SMILES string of the molecule is CCCCCNC(=S)N(Cc1ccccc1C(F)(F)F)C[C@@H](NC(=O)Cc1cncn1Cc1ccc(C#N)cc1)C(C)C. The summed E-state index contributed by atoms with van der Waals surface area (Å²) < 4.78 is 43.2. The molecule has 43 heavy (non-hydrogen) atoms. The first-order valence-corrected chi connectivity index (χ1v) is 14.9. The van der Waals surface area contributed by atoms with E-state index in [1.54, 1.807) is 35.6 Å². The molecule has 2 aromatic carbocycles. The lowest BCUT2D eigenvalue weighted by Gasteiger charge is -2.33. The Labute approximate surface area is 257 Å². The second-order valence-corrected chi connectivity index (χ2v) is 11.3. The predicted octanol–water partition coefficient (Wildman–Crippen LogP) is 6.07. The van der Waals surface area contributed by atoms with E-state index in [0.717, 1.165) is 30.9 Å². The molecule has 0 unspecified atom stereocenters. The van der Waals surface area contributed by atoms with Crippen LogP contribution in [0.15, 0.2) is 61.1 Å². The van der Waals surface area contributed by atoms with Gasteiger partial charge in [0.05, 0.1) is 29.9 Å². The summed E-state index contributed by atoms with van der Waals surface area (Å²) >= 11 is 5.66. The fourth-order valence-corrected chi connectivity index (χ4v) is 4.88. The van der Waals surface area contributed by atoms with E-state index in [0.29, 0.717) is 29.5 Å². The molecule has 3 aromatic rings. The zero-order valence-electron chi connectivity index (χ0n) is 24.8. The van der Waals surface area contributed by atoms with Crippen molar-refractivity contribution in [2.24, 2.45) is 5.92 Å². The first-order chi connectivity index (χ1) is 20.5. The Morgan fingerprint density at radius 2 is 1.86 bits per heavy atom. The normalized spacial score (nSPS) is 12.0. The lowest BCUT2D eigenvalue weighted by molar-refractivity contribution is -0.138. The number of thiocarbonyl (C=S) groups is 1. The number of nitrogens with one attached hydrogen (secondary N) is 2. The van der Waals surface area contributed by atoms with Gasteiger partial charge in [0.1, 0.15) is 0 Å². The highest BCUT2D eigenvalue weighted by atomic mass is 32.1. The number of benzene rings is 2. The van der Waals surface area contributed by atoms with Gasteiger partial charge in [0, 0.05) is 44.1 Å². The monoisotopic (exact) mass is 612 g/mol.